The lowest BCUT2D eigenvalue weighted by atomic mass is 10.3. The maximum atomic E-state index is 11.1. The van der Waals surface area contributed by atoms with Crippen LogP contribution in [0.5, 0.6) is 0 Å². The summed E-state index contributed by atoms with van der Waals surface area (Å²) in [7, 11) is 0. The van der Waals surface area contributed by atoms with E-state index in [0.29, 0.717) is 6.42 Å². The molecule has 7 nitrogen and oxygen atoms in total. The first-order valence-corrected chi connectivity index (χ1v) is 4.81. The van der Waals surface area contributed by atoms with E-state index in [0.717, 1.165) is 0 Å². The number of rotatable bonds is 7. The Morgan fingerprint density at radius 1 is 1.25 bits per heavy atom. The van der Waals surface area contributed by atoms with Crippen LogP contribution in [0.1, 0.15) is 19.8 Å². The van der Waals surface area contributed by atoms with Crippen molar-refractivity contribution in [1.29, 1.82) is 0 Å². The summed E-state index contributed by atoms with van der Waals surface area (Å²) in [5.41, 5.74) is 0. The molecule has 16 heavy (non-hydrogen) atoms. The summed E-state index contributed by atoms with van der Waals surface area (Å²) in [5.74, 6) is -1.85. The van der Waals surface area contributed by atoms with E-state index in [2.05, 4.69) is 9.47 Å². The van der Waals surface area contributed by atoms with Crippen LogP contribution in [0, 0.1) is 0 Å². The Morgan fingerprint density at radius 2 is 1.81 bits per heavy atom. The summed E-state index contributed by atoms with van der Waals surface area (Å²) in [4.78, 5) is 21.7. The highest BCUT2D eigenvalue weighted by Crippen LogP contribution is 2.05. The third kappa shape index (κ3) is 5.64. The molecule has 0 spiro atoms. The van der Waals surface area contributed by atoms with Crippen molar-refractivity contribution in [3.05, 3.63) is 0 Å². The summed E-state index contributed by atoms with van der Waals surface area (Å²) >= 11 is 0. The summed E-state index contributed by atoms with van der Waals surface area (Å²) in [6, 6.07) is 0. The van der Waals surface area contributed by atoms with Crippen LogP contribution in [-0.4, -0.2) is 47.8 Å². The lowest BCUT2D eigenvalue weighted by Crippen LogP contribution is -2.38. The predicted octanol–water partition coefficient (Wildman–Crippen LogP) is -1.02. The Hall–Kier alpha value is -1.18. The van der Waals surface area contributed by atoms with E-state index in [4.69, 9.17) is 5.11 Å². The van der Waals surface area contributed by atoms with Gasteiger partial charge in [0.05, 0.1) is 6.61 Å². The standard InChI is InChI=1S/C9H15O7/c1-2-3-7(13)15-9(6(12)4-10)16-8(14)5-11/h6,9-10,12H,2-5H2,1H3. The van der Waals surface area contributed by atoms with Gasteiger partial charge in [0.15, 0.2) is 12.7 Å². The van der Waals surface area contributed by atoms with Gasteiger partial charge < -0.3 is 19.7 Å². The molecule has 0 bridgehead atoms. The Bertz CT molecular complexity index is 228. The molecule has 1 radical (unpaired) electrons. The van der Waals surface area contributed by atoms with Crippen molar-refractivity contribution in [2.75, 3.05) is 13.2 Å². The second kappa shape index (κ2) is 8.03. The molecule has 0 amide bonds. The zero-order valence-corrected chi connectivity index (χ0v) is 8.92. The largest absolute Gasteiger partial charge is 0.422 e. The van der Waals surface area contributed by atoms with Crippen molar-refractivity contribution >= 4 is 11.9 Å². The molecule has 2 unspecified atom stereocenters. The van der Waals surface area contributed by atoms with E-state index in [-0.39, 0.29) is 6.42 Å². The number of aliphatic hydroxyl groups excluding tert-OH is 2. The summed E-state index contributed by atoms with van der Waals surface area (Å²) < 4.78 is 8.95. The van der Waals surface area contributed by atoms with Crippen LogP contribution in [0.2, 0.25) is 0 Å². The van der Waals surface area contributed by atoms with Gasteiger partial charge in [-0.15, -0.1) is 0 Å². The molecule has 0 aliphatic carbocycles. The normalized spacial score (nSPS) is 14.0. The monoisotopic (exact) mass is 235 g/mol. The van der Waals surface area contributed by atoms with E-state index in [1.807, 2.05) is 0 Å². The maximum Gasteiger partial charge on any atom is 0.338 e. The van der Waals surface area contributed by atoms with Crippen molar-refractivity contribution < 1.29 is 34.4 Å². The first-order valence-electron chi connectivity index (χ1n) is 4.81. The highest BCUT2D eigenvalue weighted by Gasteiger charge is 2.26. The third-order valence-corrected chi connectivity index (χ3v) is 1.57. The van der Waals surface area contributed by atoms with Gasteiger partial charge in [0.25, 0.3) is 6.29 Å². The molecule has 0 aliphatic rings. The second-order valence-corrected chi connectivity index (χ2v) is 2.99. The fraction of sp³-hybridized carbons (Fsp3) is 0.778. The van der Waals surface area contributed by atoms with Gasteiger partial charge in [0.2, 0.25) is 0 Å². The number of esters is 2. The molecule has 0 aromatic rings. The van der Waals surface area contributed by atoms with Crippen LogP contribution >= 0.6 is 0 Å². The average molecular weight is 235 g/mol. The topological polar surface area (TPSA) is 113 Å². The van der Waals surface area contributed by atoms with Gasteiger partial charge in [-0.1, -0.05) is 6.92 Å². The highest BCUT2D eigenvalue weighted by atomic mass is 16.7. The lowest BCUT2D eigenvalue weighted by molar-refractivity contribution is -0.212. The summed E-state index contributed by atoms with van der Waals surface area (Å²) in [5, 5.41) is 27.9. The summed E-state index contributed by atoms with van der Waals surface area (Å²) in [6.45, 7) is -0.168. The molecule has 2 N–H and O–H groups in total. The zero-order valence-electron chi connectivity index (χ0n) is 8.92. The Morgan fingerprint density at radius 3 is 2.25 bits per heavy atom. The highest BCUT2D eigenvalue weighted by molar-refractivity contribution is 5.72. The number of ether oxygens (including phenoxy) is 2. The first-order chi connectivity index (χ1) is 7.54. The van der Waals surface area contributed by atoms with E-state index >= 15 is 0 Å². The van der Waals surface area contributed by atoms with Gasteiger partial charge in [-0.05, 0) is 6.42 Å². The number of hydrogen-bond donors (Lipinski definition) is 2. The molecule has 93 valence electrons. The Labute approximate surface area is 92.6 Å². The lowest BCUT2D eigenvalue weighted by Gasteiger charge is -2.21. The van der Waals surface area contributed by atoms with Crippen LogP contribution < -0.4 is 0 Å². The SMILES string of the molecule is CCCC(=O)OC(OC(=O)C[O])C(O)CO. The molecule has 0 aliphatic heterocycles. The van der Waals surface area contributed by atoms with Gasteiger partial charge in [0.1, 0.15) is 0 Å². The molecule has 0 rings (SSSR count). The smallest absolute Gasteiger partial charge is 0.338 e. The van der Waals surface area contributed by atoms with E-state index < -0.39 is 37.5 Å². The molecule has 0 fully saturated rings. The van der Waals surface area contributed by atoms with Crippen LogP contribution in [0.4, 0.5) is 0 Å². The minimum Gasteiger partial charge on any atom is -0.422 e. The molecule has 7 heteroatoms. The van der Waals surface area contributed by atoms with Gasteiger partial charge >= 0.3 is 11.9 Å². The number of aliphatic hydroxyl groups is 2. The molecular formula is C9H15O7. The Kier molecular flexibility index (Phi) is 7.44. The molecule has 2 atom stereocenters. The fourth-order valence-corrected chi connectivity index (χ4v) is 0.823. The second-order valence-electron chi connectivity index (χ2n) is 2.99. The number of hydrogen-bond acceptors (Lipinski definition) is 6. The molecular weight excluding hydrogens is 220 g/mol. The van der Waals surface area contributed by atoms with Crippen LogP contribution in [0.25, 0.3) is 0 Å². The van der Waals surface area contributed by atoms with Crippen molar-refractivity contribution in [2.24, 2.45) is 0 Å². The minimum absolute atomic E-state index is 0.0869. The first kappa shape index (κ1) is 14.8. The van der Waals surface area contributed by atoms with Gasteiger partial charge in [-0.3, -0.25) is 4.79 Å². The molecule has 0 saturated heterocycles. The van der Waals surface area contributed by atoms with E-state index in [1.165, 1.54) is 0 Å². The molecule has 0 heterocycles. The van der Waals surface area contributed by atoms with Crippen molar-refractivity contribution in [2.45, 2.75) is 32.2 Å². The molecule has 0 aromatic carbocycles. The third-order valence-electron chi connectivity index (χ3n) is 1.57. The van der Waals surface area contributed by atoms with Crippen molar-refractivity contribution in [1.82, 2.24) is 0 Å². The van der Waals surface area contributed by atoms with Crippen LogP contribution in [-0.2, 0) is 24.2 Å². The predicted molar refractivity (Wildman–Crippen MR) is 49.5 cm³/mol. The van der Waals surface area contributed by atoms with Gasteiger partial charge in [0, 0.05) is 6.42 Å². The minimum atomic E-state index is -1.63. The van der Waals surface area contributed by atoms with Crippen LogP contribution in [0.15, 0.2) is 0 Å². The van der Waals surface area contributed by atoms with Gasteiger partial charge in [-0.25, -0.2) is 9.90 Å². The van der Waals surface area contributed by atoms with Crippen molar-refractivity contribution in [3.8, 4) is 0 Å². The average Bonchev–Trinajstić information content (AvgIpc) is 2.27. The fourth-order valence-electron chi connectivity index (χ4n) is 0.823. The quantitative estimate of drug-likeness (QED) is 0.431. The van der Waals surface area contributed by atoms with Gasteiger partial charge in [-0.2, -0.15) is 0 Å². The van der Waals surface area contributed by atoms with Crippen molar-refractivity contribution in [3.63, 3.8) is 0 Å². The summed E-state index contributed by atoms with van der Waals surface area (Å²) in [6.07, 6.45) is -2.58. The maximum absolute atomic E-state index is 11.1. The Balaban J connectivity index is 4.31. The van der Waals surface area contributed by atoms with Crippen LogP contribution in [0.3, 0.4) is 0 Å². The van der Waals surface area contributed by atoms with E-state index in [1.54, 1.807) is 6.92 Å². The molecule has 0 saturated carbocycles. The molecule has 0 aromatic heterocycles. The zero-order chi connectivity index (χ0) is 12.6. The number of carbonyl (C=O) groups is 2. The van der Waals surface area contributed by atoms with E-state index in [9.17, 15) is 19.8 Å². The number of carbonyl (C=O) groups excluding carboxylic acids is 2.